The molecule has 0 heterocycles. The van der Waals surface area contributed by atoms with E-state index in [4.69, 9.17) is 0 Å². The number of nitrogens with zero attached hydrogens (tertiary/aromatic N) is 2. The van der Waals surface area contributed by atoms with Crippen molar-refractivity contribution in [2.45, 2.75) is 39.0 Å². The van der Waals surface area contributed by atoms with Gasteiger partial charge in [-0.15, -0.1) is 0 Å². The van der Waals surface area contributed by atoms with Crippen LogP contribution in [0.4, 0.5) is 11.4 Å². The molecule has 2 amide bonds. The highest BCUT2D eigenvalue weighted by Crippen LogP contribution is 2.27. The van der Waals surface area contributed by atoms with Gasteiger partial charge in [-0.05, 0) is 37.1 Å². The van der Waals surface area contributed by atoms with E-state index in [0.717, 1.165) is 37.1 Å². The molecule has 0 spiro atoms. The van der Waals surface area contributed by atoms with Crippen molar-refractivity contribution in [3.63, 3.8) is 0 Å². The molecule has 0 unspecified atom stereocenters. The lowest BCUT2D eigenvalue weighted by Gasteiger charge is -2.27. The molecule has 0 atom stereocenters. The van der Waals surface area contributed by atoms with Crippen molar-refractivity contribution < 1.29 is 9.59 Å². The molecule has 1 saturated carbocycles. The van der Waals surface area contributed by atoms with Crippen LogP contribution in [0.5, 0.6) is 0 Å². The van der Waals surface area contributed by atoms with Gasteiger partial charge in [-0.2, -0.15) is 0 Å². The molecule has 1 aromatic rings. The molecule has 0 aliphatic heterocycles. The highest BCUT2D eigenvalue weighted by atomic mass is 16.2. The number of carbonyl (C=O) groups excluding carboxylic acids is 2. The minimum atomic E-state index is -0.00520. The number of hydrogen-bond acceptors (Lipinski definition) is 2. The highest BCUT2D eigenvalue weighted by molar-refractivity contribution is 5.95. The maximum Gasteiger partial charge on any atom is 0.229 e. The summed E-state index contributed by atoms with van der Waals surface area (Å²) >= 11 is 0. The van der Waals surface area contributed by atoms with E-state index in [-0.39, 0.29) is 17.7 Å². The van der Waals surface area contributed by atoms with Crippen molar-refractivity contribution in [1.29, 1.82) is 0 Å². The van der Waals surface area contributed by atoms with Crippen LogP contribution >= 0.6 is 0 Å². The van der Waals surface area contributed by atoms with Gasteiger partial charge in [0.1, 0.15) is 0 Å². The first kappa shape index (κ1) is 15.5. The summed E-state index contributed by atoms with van der Waals surface area (Å²) in [6.07, 6.45) is 5.58. The Balaban J connectivity index is 2.07. The fourth-order valence-electron chi connectivity index (χ4n) is 2.83. The van der Waals surface area contributed by atoms with E-state index in [2.05, 4.69) is 0 Å². The van der Waals surface area contributed by atoms with Crippen molar-refractivity contribution in [2.75, 3.05) is 23.9 Å². The molecule has 2 rings (SSSR count). The van der Waals surface area contributed by atoms with E-state index in [1.807, 2.05) is 31.3 Å². The molecular formula is C17H24N2O2. The van der Waals surface area contributed by atoms with Crippen LogP contribution in [0.3, 0.4) is 0 Å². The number of rotatable bonds is 3. The molecule has 114 valence electrons. The molecule has 1 aliphatic carbocycles. The zero-order valence-electron chi connectivity index (χ0n) is 13.1. The van der Waals surface area contributed by atoms with Gasteiger partial charge in [0, 0.05) is 38.3 Å². The van der Waals surface area contributed by atoms with Crippen LogP contribution in [0.25, 0.3) is 0 Å². The molecule has 1 fully saturated rings. The Morgan fingerprint density at radius 3 is 1.86 bits per heavy atom. The van der Waals surface area contributed by atoms with E-state index in [9.17, 15) is 9.59 Å². The van der Waals surface area contributed by atoms with Gasteiger partial charge in [-0.25, -0.2) is 0 Å². The third-order valence-corrected chi connectivity index (χ3v) is 4.38. The van der Waals surface area contributed by atoms with Crippen LogP contribution in [-0.4, -0.2) is 25.9 Å². The quantitative estimate of drug-likeness (QED) is 0.857. The molecule has 21 heavy (non-hydrogen) atoms. The summed E-state index contributed by atoms with van der Waals surface area (Å²) in [5, 5.41) is 0. The maximum atomic E-state index is 12.5. The maximum absolute atomic E-state index is 12.5. The zero-order chi connectivity index (χ0) is 15.4. The average Bonchev–Trinajstić information content (AvgIpc) is 2.53. The largest absolute Gasteiger partial charge is 0.316 e. The first-order valence-corrected chi connectivity index (χ1v) is 7.62. The van der Waals surface area contributed by atoms with Gasteiger partial charge in [-0.1, -0.05) is 19.3 Å². The zero-order valence-corrected chi connectivity index (χ0v) is 13.1. The second-order valence-electron chi connectivity index (χ2n) is 5.83. The summed E-state index contributed by atoms with van der Waals surface area (Å²) in [6.45, 7) is 1.53. The standard InChI is InChI=1S/C17H24N2O2/c1-13(20)18(2)15-9-11-16(12-10-15)19(3)17(21)14-7-5-4-6-8-14/h9-12,14H,4-8H2,1-3H3. The van der Waals surface area contributed by atoms with Crippen molar-refractivity contribution >= 4 is 23.2 Å². The third kappa shape index (κ3) is 3.63. The van der Waals surface area contributed by atoms with Crippen LogP contribution in [0, 0.1) is 5.92 Å². The van der Waals surface area contributed by atoms with Crippen LogP contribution < -0.4 is 9.80 Å². The van der Waals surface area contributed by atoms with Crippen molar-refractivity contribution in [2.24, 2.45) is 5.92 Å². The predicted octanol–water partition coefficient (Wildman–Crippen LogP) is 3.21. The monoisotopic (exact) mass is 288 g/mol. The fraction of sp³-hybridized carbons (Fsp3) is 0.529. The number of amides is 2. The van der Waals surface area contributed by atoms with E-state index in [1.165, 1.54) is 13.3 Å². The smallest absolute Gasteiger partial charge is 0.229 e. The van der Waals surface area contributed by atoms with Gasteiger partial charge in [0.05, 0.1) is 0 Å². The lowest BCUT2D eigenvalue weighted by Crippen LogP contribution is -2.34. The third-order valence-electron chi connectivity index (χ3n) is 4.38. The van der Waals surface area contributed by atoms with Crippen LogP contribution in [0.2, 0.25) is 0 Å². The molecule has 0 radical (unpaired) electrons. The number of hydrogen-bond donors (Lipinski definition) is 0. The van der Waals surface area contributed by atoms with Crippen molar-refractivity contribution in [1.82, 2.24) is 0 Å². The Labute approximate surface area is 126 Å². The van der Waals surface area contributed by atoms with Gasteiger partial charge in [0.15, 0.2) is 0 Å². The van der Waals surface area contributed by atoms with E-state index in [0.29, 0.717) is 0 Å². The Morgan fingerprint density at radius 2 is 1.38 bits per heavy atom. The summed E-state index contributed by atoms with van der Waals surface area (Å²) in [7, 11) is 3.58. The summed E-state index contributed by atoms with van der Waals surface area (Å²) in [4.78, 5) is 27.2. The van der Waals surface area contributed by atoms with E-state index >= 15 is 0 Å². The molecule has 1 aliphatic rings. The molecule has 0 bridgehead atoms. The van der Waals surface area contributed by atoms with Crippen LogP contribution in [-0.2, 0) is 9.59 Å². The summed E-state index contributed by atoms with van der Waals surface area (Å²) in [5.41, 5.74) is 1.72. The van der Waals surface area contributed by atoms with Gasteiger partial charge < -0.3 is 9.80 Å². The summed E-state index contributed by atoms with van der Waals surface area (Å²) in [5.74, 6) is 0.375. The van der Waals surface area contributed by atoms with Crippen molar-refractivity contribution in [3.05, 3.63) is 24.3 Å². The van der Waals surface area contributed by atoms with E-state index in [1.54, 1.807) is 16.8 Å². The predicted molar refractivity (Wildman–Crippen MR) is 85.5 cm³/mol. The van der Waals surface area contributed by atoms with Gasteiger partial charge in [-0.3, -0.25) is 9.59 Å². The second kappa shape index (κ2) is 6.74. The Kier molecular flexibility index (Phi) is 4.99. The van der Waals surface area contributed by atoms with Gasteiger partial charge >= 0.3 is 0 Å². The fourth-order valence-corrected chi connectivity index (χ4v) is 2.83. The molecule has 0 aromatic heterocycles. The summed E-state index contributed by atoms with van der Waals surface area (Å²) < 4.78 is 0. The van der Waals surface area contributed by atoms with Crippen LogP contribution in [0.15, 0.2) is 24.3 Å². The molecular weight excluding hydrogens is 264 g/mol. The lowest BCUT2D eigenvalue weighted by atomic mass is 9.88. The SMILES string of the molecule is CC(=O)N(C)c1ccc(N(C)C(=O)C2CCCCC2)cc1. The normalized spacial score (nSPS) is 15.6. The first-order valence-electron chi connectivity index (χ1n) is 7.62. The molecule has 0 saturated heterocycles. The molecule has 1 aromatic carbocycles. The minimum Gasteiger partial charge on any atom is -0.316 e. The Bertz CT molecular complexity index is 504. The van der Waals surface area contributed by atoms with Crippen molar-refractivity contribution in [3.8, 4) is 0 Å². The van der Waals surface area contributed by atoms with Crippen LogP contribution in [0.1, 0.15) is 39.0 Å². The second-order valence-corrected chi connectivity index (χ2v) is 5.83. The first-order chi connectivity index (χ1) is 10.0. The number of benzene rings is 1. The Hall–Kier alpha value is -1.84. The molecule has 4 nitrogen and oxygen atoms in total. The highest BCUT2D eigenvalue weighted by Gasteiger charge is 2.24. The molecule has 4 heteroatoms. The van der Waals surface area contributed by atoms with Gasteiger partial charge in [0.2, 0.25) is 11.8 Å². The Morgan fingerprint density at radius 1 is 0.905 bits per heavy atom. The topological polar surface area (TPSA) is 40.6 Å². The number of anilines is 2. The molecule has 0 N–H and O–H groups in total. The van der Waals surface area contributed by atoms with E-state index < -0.39 is 0 Å². The average molecular weight is 288 g/mol. The number of carbonyl (C=O) groups is 2. The minimum absolute atomic E-state index is 0.00520. The van der Waals surface area contributed by atoms with Gasteiger partial charge in [0.25, 0.3) is 0 Å². The lowest BCUT2D eigenvalue weighted by molar-refractivity contribution is -0.123. The summed E-state index contributed by atoms with van der Waals surface area (Å²) in [6, 6.07) is 7.55.